The summed E-state index contributed by atoms with van der Waals surface area (Å²) in [4.78, 5) is 19.1. The van der Waals surface area contributed by atoms with Crippen LogP contribution in [0.25, 0.3) is 0 Å². The Morgan fingerprint density at radius 3 is 2.47 bits per heavy atom. The molecule has 2 bridgehead atoms. The van der Waals surface area contributed by atoms with E-state index in [-0.39, 0.29) is 11.9 Å². The minimum absolute atomic E-state index is 0.0281. The van der Waals surface area contributed by atoms with E-state index >= 15 is 0 Å². The molecule has 2 aromatic carbocycles. The number of carbonyl (C=O) groups excluding carboxylic acids is 1. The lowest BCUT2D eigenvalue weighted by molar-refractivity contribution is -0.0850. The van der Waals surface area contributed by atoms with Crippen LogP contribution in [0.15, 0.2) is 61.2 Å². The normalized spacial score (nSPS) is 22.1. The molecule has 5 rings (SSSR count). The molecule has 0 spiro atoms. The van der Waals surface area contributed by atoms with Crippen molar-refractivity contribution in [3.63, 3.8) is 0 Å². The molecule has 3 atom stereocenters. The number of hydrogen-bond donors (Lipinski definition) is 0. The summed E-state index contributed by atoms with van der Waals surface area (Å²) in [5, 5.41) is 0. The summed E-state index contributed by atoms with van der Waals surface area (Å²) in [7, 11) is 5.28. The Morgan fingerprint density at radius 1 is 1.17 bits per heavy atom. The number of nitrogens with zero attached hydrogens (tertiary/aromatic N) is 3. The second kappa shape index (κ2) is 8.62. The third kappa shape index (κ3) is 3.87. The molecule has 2 aromatic rings. The summed E-state index contributed by atoms with van der Waals surface area (Å²) in [6, 6.07) is 17.7. The van der Waals surface area contributed by atoms with Crippen LogP contribution >= 0.6 is 0 Å². The second-order valence-corrected chi connectivity index (χ2v) is 8.50. The summed E-state index contributed by atoms with van der Waals surface area (Å²) in [6.45, 7) is 6.99. The third-order valence-corrected chi connectivity index (χ3v) is 6.30. The quantitative estimate of drug-likeness (QED) is 0.662. The van der Waals surface area contributed by atoms with Gasteiger partial charge < -0.3 is 9.64 Å². The first-order valence-corrected chi connectivity index (χ1v) is 10.6. The predicted molar refractivity (Wildman–Crippen MR) is 120 cm³/mol. The molecule has 0 aromatic heterocycles. The van der Waals surface area contributed by atoms with Crippen molar-refractivity contribution in [2.75, 3.05) is 40.8 Å². The fourth-order valence-electron chi connectivity index (χ4n) is 4.89. The number of methoxy groups -OCH3 is 1. The van der Waals surface area contributed by atoms with Gasteiger partial charge in [-0.1, -0.05) is 30.3 Å². The van der Waals surface area contributed by atoms with Crippen molar-refractivity contribution in [3.8, 4) is 5.75 Å². The molecule has 1 amide bonds. The van der Waals surface area contributed by atoms with Crippen molar-refractivity contribution < 1.29 is 9.53 Å². The maximum Gasteiger partial charge on any atom is 0.253 e. The first-order chi connectivity index (χ1) is 14.5. The van der Waals surface area contributed by atoms with Gasteiger partial charge in [0.15, 0.2) is 0 Å². The van der Waals surface area contributed by atoms with Gasteiger partial charge in [-0.05, 0) is 41.8 Å². The fourth-order valence-corrected chi connectivity index (χ4v) is 4.89. The highest BCUT2D eigenvalue weighted by Crippen LogP contribution is 2.43. The Balaban J connectivity index is 1.67. The second-order valence-electron chi connectivity index (χ2n) is 8.50. The van der Waals surface area contributed by atoms with E-state index in [9.17, 15) is 4.79 Å². The number of fused-ring (bicyclic) bond motifs is 2. The molecule has 5 heteroatoms. The maximum atomic E-state index is 12.3. The summed E-state index contributed by atoms with van der Waals surface area (Å²) < 4.78 is 5.50. The number of amides is 1. The molecule has 3 aliphatic rings. The molecular weight excluding hydrogens is 374 g/mol. The zero-order valence-corrected chi connectivity index (χ0v) is 18.1. The molecule has 30 heavy (non-hydrogen) atoms. The summed E-state index contributed by atoms with van der Waals surface area (Å²) in [5.41, 5.74) is 3.16. The molecule has 0 aliphatic carbocycles. The lowest BCUT2D eigenvalue weighted by atomic mass is 9.81. The van der Waals surface area contributed by atoms with Crippen LogP contribution in [0.4, 0.5) is 0 Å². The van der Waals surface area contributed by atoms with Gasteiger partial charge in [0.2, 0.25) is 0 Å². The molecule has 0 N–H and O–H groups in total. The summed E-state index contributed by atoms with van der Waals surface area (Å²) in [6.07, 6.45) is 3.24. The van der Waals surface area contributed by atoms with Crippen molar-refractivity contribution in [2.45, 2.75) is 24.5 Å². The molecule has 158 valence electrons. The van der Waals surface area contributed by atoms with Gasteiger partial charge in [-0.2, -0.15) is 0 Å². The summed E-state index contributed by atoms with van der Waals surface area (Å²) in [5.74, 6) is 0.899. The molecule has 0 radical (unpaired) electrons. The first-order valence-electron chi connectivity index (χ1n) is 10.6. The molecular formula is C25H31N3O2. The molecule has 3 heterocycles. The van der Waals surface area contributed by atoms with E-state index < -0.39 is 0 Å². The van der Waals surface area contributed by atoms with E-state index in [1.807, 2.05) is 24.3 Å². The SMILES string of the molecule is C=CCN1CC2CC(C1)N2C(c1ccc(C(=O)N(C)C)cc1)c1cccc(OC)c1. The molecule has 3 fully saturated rings. The van der Waals surface area contributed by atoms with Gasteiger partial charge in [-0.15, -0.1) is 6.58 Å². The smallest absolute Gasteiger partial charge is 0.253 e. The molecule has 3 saturated heterocycles. The third-order valence-electron chi connectivity index (χ3n) is 6.30. The Hall–Kier alpha value is -2.63. The molecule has 0 saturated carbocycles. The highest BCUT2D eigenvalue weighted by Gasteiger charge is 2.48. The highest BCUT2D eigenvalue weighted by molar-refractivity contribution is 5.93. The van der Waals surface area contributed by atoms with Gasteiger partial charge in [-0.3, -0.25) is 14.6 Å². The lowest BCUT2D eigenvalue weighted by Crippen LogP contribution is -2.69. The van der Waals surface area contributed by atoms with Gasteiger partial charge >= 0.3 is 0 Å². The van der Waals surface area contributed by atoms with Crippen LogP contribution in [-0.2, 0) is 0 Å². The Kier molecular flexibility index (Phi) is 5.93. The number of piperazine rings is 1. The number of piperidine rings is 1. The molecule has 3 unspecified atom stereocenters. The van der Waals surface area contributed by atoms with Crippen molar-refractivity contribution in [2.24, 2.45) is 0 Å². The van der Waals surface area contributed by atoms with Crippen LogP contribution in [0.3, 0.4) is 0 Å². The van der Waals surface area contributed by atoms with E-state index in [4.69, 9.17) is 4.74 Å². The van der Waals surface area contributed by atoms with Gasteiger partial charge in [0.1, 0.15) is 5.75 Å². The van der Waals surface area contributed by atoms with E-state index in [2.05, 4.69) is 46.7 Å². The van der Waals surface area contributed by atoms with Gasteiger partial charge in [0.25, 0.3) is 5.91 Å². The first kappa shape index (κ1) is 20.6. The maximum absolute atomic E-state index is 12.3. The van der Waals surface area contributed by atoms with Crippen molar-refractivity contribution in [1.29, 1.82) is 0 Å². The zero-order chi connectivity index (χ0) is 21.3. The van der Waals surface area contributed by atoms with E-state index in [0.717, 1.165) is 25.4 Å². The van der Waals surface area contributed by atoms with Gasteiger partial charge in [-0.25, -0.2) is 0 Å². The highest BCUT2D eigenvalue weighted by atomic mass is 16.5. The predicted octanol–water partition coefficient (Wildman–Crippen LogP) is 3.43. The van der Waals surface area contributed by atoms with Crippen LogP contribution in [0.2, 0.25) is 0 Å². The topological polar surface area (TPSA) is 36.0 Å². The Bertz CT molecular complexity index is 897. The van der Waals surface area contributed by atoms with Gasteiger partial charge in [0, 0.05) is 51.4 Å². The Morgan fingerprint density at radius 2 is 1.87 bits per heavy atom. The zero-order valence-electron chi connectivity index (χ0n) is 18.1. The standard InChI is InChI=1S/C25H31N3O2/c1-5-13-27-16-21-15-22(17-27)28(21)24(20-7-6-8-23(14-20)30-4)18-9-11-19(12-10-18)25(29)26(2)3/h5-12,14,21-22,24H,1,13,15-17H2,2-4H3. The van der Waals surface area contributed by atoms with Crippen molar-refractivity contribution >= 4 is 5.91 Å². The average Bonchev–Trinajstić information content (AvgIpc) is 2.77. The van der Waals surface area contributed by atoms with Crippen LogP contribution in [0.5, 0.6) is 5.75 Å². The van der Waals surface area contributed by atoms with Crippen LogP contribution in [-0.4, -0.2) is 73.5 Å². The fraction of sp³-hybridized carbons (Fsp3) is 0.400. The number of carbonyl (C=O) groups is 1. The molecule has 3 aliphatic heterocycles. The van der Waals surface area contributed by atoms with Crippen LogP contribution in [0, 0.1) is 0 Å². The monoisotopic (exact) mass is 405 g/mol. The van der Waals surface area contributed by atoms with Crippen LogP contribution < -0.4 is 4.74 Å². The van der Waals surface area contributed by atoms with Crippen molar-refractivity contribution in [1.82, 2.24) is 14.7 Å². The number of benzene rings is 2. The lowest BCUT2D eigenvalue weighted by Gasteiger charge is -2.59. The largest absolute Gasteiger partial charge is 0.497 e. The number of hydrogen-bond acceptors (Lipinski definition) is 4. The van der Waals surface area contributed by atoms with Crippen LogP contribution in [0.1, 0.15) is 33.9 Å². The van der Waals surface area contributed by atoms with E-state index in [0.29, 0.717) is 17.6 Å². The number of ether oxygens (including phenoxy) is 1. The number of rotatable bonds is 7. The average molecular weight is 406 g/mol. The Labute approximate surface area is 179 Å². The summed E-state index contributed by atoms with van der Waals surface area (Å²) >= 11 is 0. The van der Waals surface area contributed by atoms with Crippen molar-refractivity contribution in [3.05, 3.63) is 77.9 Å². The minimum atomic E-state index is 0.0281. The minimum Gasteiger partial charge on any atom is -0.497 e. The molecule has 5 nitrogen and oxygen atoms in total. The van der Waals surface area contributed by atoms with E-state index in [1.54, 1.807) is 26.1 Å². The van der Waals surface area contributed by atoms with E-state index in [1.165, 1.54) is 17.5 Å². The van der Waals surface area contributed by atoms with Gasteiger partial charge in [0.05, 0.1) is 13.2 Å².